The predicted octanol–water partition coefficient (Wildman–Crippen LogP) is 2.69. The zero-order chi connectivity index (χ0) is 12.6. The van der Waals surface area contributed by atoms with E-state index in [4.69, 9.17) is 5.73 Å². The molecule has 1 saturated carbocycles. The van der Waals surface area contributed by atoms with Gasteiger partial charge in [-0.15, -0.1) is 0 Å². The highest BCUT2D eigenvalue weighted by molar-refractivity contribution is 5.60. The topological polar surface area (TPSA) is 63.8 Å². The minimum absolute atomic E-state index is 0.189. The third-order valence-electron chi connectivity index (χ3n) is 3.21. The maximum absolute atomic E-state index is 5.84. The summed E-state index contributed by atoms with van der Waals surface area (Å²) in [5.41, 5.74) is 7.01. The largest absolute Gasteiger partial charge is 0.384 e. The molecule has 0 saturated heterocycles. The molecule has 0 radical (unpaired) electrons. The van der Waals surface area contributed by atoms with Gasteiger partial charge in [-0.25, -0.2) is 9.97 Å². The van der Waals surface area contributed by atoms with Gasteiger partial charge in [0.25, 0.3) is 0 Å². The zero-order valence-corrected chi connectivity index (χ0v) is 10.4. The SMILES string of the molecule is CC1(Nc2cc(N)nc(-c3ccccc3)n2)CC1. The lowest BCUT2D eigenvalue weighted by atomic mass is 10.2. The number of anilines is 2. The van der Waals surface area contributed by atoms with E-state index in [9.17, 15) is 0 Å². The van der Waals surface area contributed by atoms with Crippen molar-refractivity contribution in [2.45, 2.75) is 25.3 Å². The molecule has 1 fully saturated rings. The number of aromatic nitrogens is 2. The van der Waals surface area contributed by atoms with Crippen LogP contribution >= 0.6 is 0 Å². The third-order valence-corrected chi connectivity index (χ3v) is 3.21. The fraction of sp³-hybridized carbons (Fsp3) is 0.286. The van der Waals surface area contributed by atoms with Crippen LogP contribution < -0.4 is 11.1 Å². The van der Waals surface area contributed by atoms with Gasteiger partial charge in [0.2, 0.25) is 0 Å². The molecule has 1 aliphatic carbocycles. The molecule has 0 bridgehead atoms. The molecule has 4 heteroatoms. The van der Waals surface area contributed by atoms with E-state index in [1.807, 2.05) is 30.3 Å². The summed E-state index contributed by atoms with van der Waals surface area (Å²) in [7, 11) is 0. The first-order valence-electron chi connectivity index (χ1n) is 6.13. The quantitative estimate of drug-likeness (QED) is 0.865. The molecule has 1 heterocycles. The summed E-state index contributed by atoms with van der Waals surface area (Å²) in [6.07, 6.45) is 2.36. The van der Waals surface area contributed by atoms with Gasteiger partial charge in [-0.3, -0.25) is 0 Å². The van der Waals surface area contributed by atoms with Crippen LogP contribution in [-0.4, -0.2) is 15.5 Å². The highest BCUT2D eigenvalue weighted by atomic mass is 15.1. The Kier molecular flexibility index (Phi) is 2.44. The Hall–Kier alpha value is -2.10. The van der Waals surface area contributed by atoms with Gasteiger partial charge >= 0.3 is 0 Å². The van der Waals surface area contributed by atoms with Crippen molar-refractivity contribution in [1.82, 2.24) is 9.97 Å². The predicted molar refractivity (Wildman–Crippen MR) is 73.1 cm³/mol. The van der Waals surface area contributed by atoms with Gasteiger partial charge in [-0.2, -0.15) is 0 Å². The summed E-state index contributed by atoms with van der Waals surface area (Å²) in [5.74, 6) is 1.97. The van der Waals surface area contributed by atoms with E-state index in [-0.39, 0.29) is 5.54 Å². The van der Waals surface area contributed by atoms with Crippen molar-refractivity contribution in [3.8, 4) is 11.4 Å². The third kappa shape index (κ3) is 2.27. The fourth-order valence-electron chi connectivity index (χ4n) is 1.87. The molecule has 3 N–H and O–H groups in total. The maximum atomic E-state index is 5.84. The summed E-state index contributed by atoms with van der Waals surface area (Å²) in [5, 5.41) is 3.41. The fourth-order valence-corrected chi connectivity index (χ4v) is 1.87. The van der Waals surface area contributed by atoms with Crippen LogP contribution in [0.15, 0.2) is 36.4 Å². The monoisotopic (exact) mass is 240 g/mol. The van der Waals surface area contributed by atoms with E-state index < -0.39 is 0 Å². The number of benzene rings is 1. The second-order valence-electron chi connectivity index (χ2n) is 5.05. The summed E-state index contributed by atoms with van der Waals surface area (Å²) < 4.78 is 0. The van der Waals surface area contributed by atoms with Crippen molar-refractivity contribution in [2.75, 3.05) is 11.1 Å². The van der Waals surface area contributed by atoms with E-state index in [0.29, 0.717) is 11.6 Å². The summed E-state index contributed by atoms with van der Waals surface area (Å²) >= 11 is 0. The second kappa shape index (κ2) is 3.98. The molecule has 2 aromatic rings. The number of hydrogen-bond acceptors (Lipinski definition) is 4. The van der Waals surface area contributed by atoms with Crippen molar-refractivity contribution < 1.29 is 0 Å². The lowest BCUT2D eigenvalue weighted by Crippen LogP contribution is -2.17. The van der Waals surface area contributed by atoms with Crippen molar-refractivity contribution in [3.05, 3.63) is 36.4 Å². The molecule has 0 atom stereocenters. The normalized spacial score (nSPS) is 16.3. The minimum atomic E-state index is 0.189. The van der Waals surface area contributed by atoms with Crippen molar-refractivity contribution in [1.29, 1.82) is 0 Å². The van der Waals surface area contributed by atoms with E-state index in [1.165, 1.54) is 12.8 Å². The lowest BCUT2D eigenvalue weighted by molar-refractivity contribution is 0.820. The average Bonchev–Trinajstić information content (AvgIpc) is 3.07. The van der Waals surface area contributed by atoms with Crippen LogP contribution in [0.4, 0.5) is 11.6 Å². The van der Waals surface area contributed by atoms with Gasteiger partial charge in [0, 0.05) is 17.2 Å². The van der Waals surface area contributed by atoms with Gasteiger partial charge in [-0.1, -0.05) is 30.3 Å². The van der Waals surface area contributed by atoms with Crippen molar-refractivity contribution in [3.63, 3.8) is 0 Å². The summed E-state index contributed by atoms with van der Waals surface area (Å²) in [6, 6.07) is 11.7. The number of nitrogens with zero attached hydrogens (tertiary/aromatic N) is 2. The minimum Gasteiger partial charge on any atom is -0.384 e. The number of nitrogens with one attached hydrogen (secondary N) is 1. The number of rotatable bonds is 3. The first-order chi connectivity index (χ1) is 8.65. The molecule has 0 spiro atoms. The molecule has 0 unspecified atom stereocenters. The Balaban J connectivity index is 1.95. The average molecular weight is 240 g/mol. The first kappa shape index (κ1) is 11.0. The zero-order valence-electron chi connectivity index (χ0n) is 10.4. The molecular weight excluding hydrogens is 224 g/mol. The van der Waals surface area contributed by atoms with E-state index in [1.54, 1.807) is 6.07 Å². The van der Waals surface area contributed by atoms with Crippen molar-refractivity contribution in [2.24, 2.45) is 0 Å². The second-order valence-corrected chi connectivity index (χ2v) is 5.05. The van der Waals surface area contributed by atoms with E-state index in [2.05, 4.69) is 22.2 Å². The van der Waals surface area contributed by atoms with Crippen LogP contribution in [0.1, 0.15) is 19.8 Å². The van der Waals surface area contributed by atoms with Crippen LogP contribution in [-0.2, 0) is 0 Å². The highest BCUT2D eigenvalue weighted by Crippen LogP contribution is 2.38. The Morgan fingerprint density at radius 1 is 1.17 bits per heavy atom. The summed E-state index contributed by atoms with van der Waals surface area (Å²) in [6.45, 7) is 2.19. The Bertz CT molecular complexity index is 561. The standard InChI is InChI=1S/C14H16N4/c1-14(7-8-14)18-12-9-11(15)16-13(17-12)10-5-3-2-4-6-10/h2-6,9H,7-8H2,1H3,(H3,15,16,17,18). The van der Waals surface area contributed by atoms with E-state index in [0.717, 1.165) is 11.4 Å². The number of hydrogen-bond donors (Lipinski definition) is 2. The molecule has 18 heavy (non-hydrogen) atoms. The van der Waals surface area contributed by atoms with Crippen LogP contribution in [0, 0.1) is 0 Å². The molecule has 0 amide bonds. The van der Waals surface area contributed by atoms with Crippen molar-refractivity contribution >= 4 is 11.6 Å². The number of nitrogens with two attached hydrogens (primary N) is 1. The summed E-state index contributed by atoms with van der Waals surface area (Å²) in [4.78, 5) is 8.81. The van der Waals surface area contributed by atoms with Gasteiger partial charge in [0.15, 0.2) is 5.82 Å². The van der Waals surface area contributed by atoms with Crippen LogP contribution in [0.3, 0.4) is 0 Å². The smallest absolute Gasteiger partial charge is 0.163 e. The van der Waals surface area contributed by atoms with Gasteiger partial charge < -0.3 is 11.1 Å². The Labute approximate surface area is 106 Å². The molecule has 3 rings (SSSR count). The van der Waals surface area contributed by atoms with Gasteiger partial charge in [0.05, 0.1) is 0 Å². The van der Waals surface area contributed by atoms with Crippen LogP contribution in [0.5, 0.6) is 0 Å². The van der Waals surface area contributed by atoms with Gasteiger partial charge in [0.1, 0.15) is 11.6 Å². The number of nitrogen functional groups attached to an aromatic ring is 1. The maximum Gasteiger partial charge on any atom is 0.163 e. The molecule has 4 nitrogen and oxygen atoms in total. The molecule has 1 aromatic heterocycles. The Morgan fingerprint density at radius 3 is 2.56 bits per heavy atom. The lowest BCUT2D eigenvalue weighted by Gasteiger charge is -2.13. The van der Waals surface area contributed by atoms with E-state index >= 15 is 0 Å². The Morgan fingerprint density at radius 2 is 1.89 bits per heavy atom. The first-order valence-corrected chi connectivity index (χ1v) is 6.13. The molecule has 92 valence electrons. The van der Waals surface area contributed by atoms with Gasteiger partial charge in [-0.05, 0) is 19.8 Å². The molecular formula is C14H16N4. The van der Waals surface area contributed by atoms with Crippen LogP contribution in [0.2, 0.25) is 0 Å². The molecule has 1 aromatic carbocycles. The highest BCUT2D eigenvalue weighted by Gasteiger charge is 2.37. The molecule has 0 aliphatic heterocycles. The van der Waals surface area contributed by atoms with Crippen LogP contribution in [0.25, 0.3) is 11.4 Å². The molecule has 1 aliphatic rings.